The van der Waals surface area contributed by atoms with E-state index in [1.165, 1.54) is 0 Å². The maximum Gasteiger partial charge on any atom is 0.228 e. The molecule has 0 spiro atoms. The molecule has 29 heavy (non-hydrogen) atoms. The number of nitrogens with zero attached hydrogens (tertiary/aromatic N) is 4. The molecule has 4 rings (SSSR count). The average Bonchev–Trinajstić information content (AvgIpc) is 3.39. The Morgan fingerprint density at radius 2 is 2.00 bits per heavy atom. The minimum atomic E-state index is -1.17. The molecule has 1 fully saturated rings. The van der Waals surface area contributed by atoms with Gasteiger partial charge in [-0.2, -0.15) is 5.26 Å². The number of nitriles is 1. The fraction of sp³-hybridized carbons (Fsp3) is 0.450. The highest BCUT2D eigenvalue weighted by Gasteiger charge is 2.34. The van der Waals surface area contributed by atoms with Crippen molar-refractivity contribution in [2.45, 2.75) is 31.7 Å². The van der Waals surface area contributed by atoms with Crippen LogP contribution >= 0.6 is 12.2 Å². The lowest BCUT2D eigenvalue weighted by Crippen LogP contribution is -2.30. The molecule has 0 aliphatic carbocycles. The summed E-state index contributed by atoms with van der Waals surface area (Å²) in [5.41, 5.74) is 1.16. The molecule has 0 radical (unpaired) electrons. The summed E-state index contributed by atoms with van der Waals surface area (Å²) in [5, 5.41) is 9.03. The molecule has 0 saturated carbocycles. The van der Waals surface area contributed by atoms with E-state index in [0.29, 0.717) is 30.0 Å². The topological polar surface area (TPSA) is 54.0 Å². The number of rotatable bonds is 3. The van der Waals surface area contributed by atoms with Crippen molar-refractivity contribution in [2.24, 2.45) is 13.0 Å². The van der Waals surface area contributed by atoms with Gasteiger partial charge in [0.05, 0.1) is 18.4 Å². The number of imidazole rings is 1. The Hall–Kier alpha value is -2.60. The highest BCUT2D eigenvalue weighted by molar-refractivity contribution is 7.71. The van der Waals surface area contributed by atoms with Crippen molar-refractivity contribution in [2.75, 3.05) is 13.1 Å². The number of fused-ring (bicyclic) bond motifs is 1. The zero-order chi connectivity index (χ0) is 20.9. The van der Waals surface area contributed by atoms with E-state index in [1.807, 2.05) is 0 Å². The van der Waals surface area contributed by atoms with Gasteiger partial charge < -0.3 is 14.0 Å². The second kappa shape index (κ2) is 7.34. The van der Waals surface area contributed by atoms with E-state index in [1.54, 1.807) is 21.1 Å². The van der Waals surface area contributed by atoms with Gasteiger partial charge in [-0.25, -0.2) is 13.2 Å². The van der Waals surface area contributed by atoms with Crippen molar-refractivity contribution >= 4 is 18.1 Å². The van der Waals surface area contributed by atoms with Gasteiger partial charge in [0.2, 0.25) is 5.91 Å². The summed E-state index contributed by atoms with van der Waals surface area (Å²) in [6, 6.07) is 3.89. The van der Waals surface area contributed by atoms with Crippen LogP contribution in [0.4, 0.5) is 13.2 Å². The summed E-state index contributed by atoms with van der Waals surface area (Å²) in [7, 11) is 1.76. The third-order valence-electron chi connectivity index (χ3n) is 5.95. The first-order valence-corrected chi connectivity index (χ1v) is 9.80. The van der Waals surface area contributed by atoms with E-state index >= 15 is 0 Å². The van der Waals surface area contributed by atoms with E-state index in [9.17, 15) is 18.0 Å². The lowest BCUT2D eigenvalue weighted by molar-refractivity contribution is -0.129. The number of hydrogen-bond acceptors (Lipinski definition) is 3. The standard InChI is InChI=1S/C20H19F3N4OS/c1-25-15(7-17(28)26-5-4-11(8-24)9-26)16-6-12(10-27(16)20(25)29)18-13(21)2-3-14(22)19(18)23/h2-3,11-12H,4-7,9-10H2,1H3/t11-,12+/m1/s1. The minimum absolute atomic E-state index is 0.0987. The van der Waals surface area contributed by atoms with Crippen LogP contribution in [0.1, 0.15) is 29.3 Å². The number of benzene rings is 1. The van der Waals surface area contributed by atoms with Crippen LogP contribution in [-0.2, 0) is 31.2 Å². The first kappa shape index (κ1) is 19.7. The zero-order valence-electron chi connectivity index (χ0n) is 15.8. The Bertz CT molecular complexity index is 1100. The van der Waals surface area contributed by atoms with Crippen LogP contribution < -0.4 is 0 Å². The molecule has 3 heterocycles. The summed E-state index contributed by atoms with van der Waals surface area (Å²) in [6.07, 6.45) is 1.03. The molecule has 0 N–H and O–H groups in total. The van der Waals surface area contributed by atoms with Crippen LogP contribution in [-0.4, -0.2) is 33.0 Å². The van der Waals surface area contributed by atoms with E-state index in [-0.39, 0.29) is 36.8 Å². The molecule has 1 aromatic heterocycles. The normalized spacial score (nSPS) is 20.7. The van der Waals surface area contributed by atoms with Gasteiger partial charge >= 0.3 is 0 Å². The van der Waals surface area contributed by atoms with E-state index in [2.05, 4.69) is 6.07 Å². The third kappa shape index (κ3) is 3.25. The fourth-order valence-electron chi connectivity index (χ4n) is 4.37. The summed E-state index contributed by atoms with van der Waals surface area (Å²) in [6.45, 7) is 1.19. The van der Waals surface area contributed by atoms with E-state index < -0.39 is 23.4 Å². The summed E-state index contributed by atoms with van der Waals surface area (Å²) < 4.78 is 46.1. The van der Waals surface area contributed by atoms with Gasteiger partial charge in [0.15, 0.2) is 16.4 Å². The van der Waals surface area contributed by atoms with Crippen molar-refractivity contribution in [1.82, 2.24) is 14.0 Å². The van der Waals surface area contributed by atoms with Crippen LogP contribution in [0.25, 0.3) is 0 Å². The van der Waals surface area contributed by atoms with Gasteiger partial charge in [-0.3, -0.25) is 4.79 Å². The zero-order valence-corrected chi connectivity index (χ0v) is 16.6. The summed E-state index contributed by atoms with van der Waals surface area (Å²) >= 11 is 5.46. The maximum absolute atomic E-state index is 14.3. The van der Waals surface area contributed by atoms with Crippen molar-refractivity contribution in [3.8, 4) is 6.07 Å². The van der Waals surface area contributed by atoms with Gasteiger partial charge in [0, 0.05) is 49.6 Å². The van der Waals surface area contributed by atoms with E-state index in [4.69, 9.17) is 17.5 Å². The van der Waals surface area contributed by atoms with Gasteiger partial charge in [0.1, 0.15) is 5.82 Å². The molecule has 2 aliphatic rings. The van der Waals surface area contributed by atoms with E-state index in [0.717, 1.165) is 17.8 Å². The smallest absolute Gasteiger partial charge is 0.228 e. The molecule has 2 atom stereocenters. The van der Waals surface area contributed by atoms with Crippen LogP contribution in [0.3, 0.4) is 0 Å². The lowest BCUT2D eigenvalue weighted by atomic mass is 9.95. The van der Waals surface area contributed by atoms with Crippen LogP contribution in [0, 0.1) is 39.5 Å². The van der Waals surface area contributed by atoms with Crippen LogP contribution in [0.2, 0.25) is 0 Å². The molecule has 5 nitrogen and oxygen atoms in total. The molecule has 2 aromatic rings. The minimum Gasteiger partial charge on any atom is -0.341 e. The quantitative estimate of drug-likeness (QED) is 0.566. The predicted molar refractivity (Wildman–Crippen MR) is 101 cm³/mol. The lowest BCUT2D eigenvalue weighted by Gasteiger charge is -2.16. The number of carbonyl (C=O) groups excluding carboxylic acids is 1. The molecule has 0 unspecified atom stereocenters. The largest absolute Gasteiger partial charge is 0.341 e. The van der Waals surface area contributed by atoms with Crippen LogP contribution in [0.15, 0.2) is 12.1 Å². The monoisotopic (exact) mass is 420 g/mol. The number of aromatic nitrogens is 2. The SMILES string of the molecule is Cn1c(CC(=O)N2CC[C@H](C#N)C2)c2n(c1=S)C[C@@H](c1c(F)ccc(F)c1F)C2. The number of amides is 1. The van der Waals surface area contributed by atoms with Gasteiger partial charge in [-0.05, 0) is 37.2 Å². The highest BCUT2D eigenvalue weighted by atomic mass is 32.1. The predicted octanol–water partition coefficient (Wildman–Crippen LogP) is 3.23. The second-order valence-corrected chi connectivity index (χ2v) is 8.00. The average molecular weight is 420 g/mol. The van der Waals surface area contributed by atoms with Crippen molar-refractivity contribution in [3.63, 3.8) is 0 Å². The maximum atomic E-state index is 14.3. The van der Waals surface area contributed by atoms with Gasteiger partial charge in [-0.1, -0.05) is 0 Å². The molecular weight excluding hydrogens is 401 g/mol. The first-order valence-electron chi connectivity index (χ1n) is 9.39. The Labute approximate surface area is 171 Å². The van der Waals surface area contributed by atoms with Crippen molar-refractivity contribution in [3.05, 3.63) is 51.3 Å². The van der Waals surface area contributed by atoms with Gasteiger partial charge in [-0.15, -0.1) is 0 Å². The number of halogens is 3. The van der Waals surface area contributed by atoms with Crippen molar-refractivity contribution < 1.29 is 18.0 Å². The summed E-state index contributed by atoms with van der Waals surface area (Å²) in [5.74, 6) is -3.88. The van der Waals surface area contributed by atoms with Crippen LogP contribution in [0.5, 0.6) is 0 Å². The Morgan fingerprint density at radius 3 is 2.69 bits per heavy atom. The molecular formula is C20H19F3N4OS. The number of carbonyl (C=O) groups is 1. The molecule has 1 saturated heterocycles. The number of likely N-dealkylation sites (tertiary alicyclic amines) is 1. The Balaban J connectivity index is 1.62. The Morgan fingerprint density at radius 1 is 1.28 bits per heavy atom. The number of hydrogen-bond donors (Lipinski definition) is 0. The molecule has 152 valence electrons. The molecule has 1 aromatic carbocycles. The molecule has 9 heteroatoms. The second-order valence-electron chi connectivity index (χ2n) is 7.63. The highest BCUT2D eigenvalue weighted by Crippen LogP contribution is 2.36. The third-order valence-corrected chi connectivity index (χ3v) is 6.45. The summed E-state index contributed by atoms with van der Waals surface area (Å²) in [4.78, 5) is 14.4. The molecule has 0 bridgehead atoms. The molecule has 1 amide bonds. The fourth-order valence-corrected chi connectivity index (χ4v) is 4.67. The first-order chi connectivity index (χ1) is 13.8. The Kier molecular flexibility index (Phi) is 4.99. The van der Waals surface area contributed by atoms with Crippen molar-refractivity contribution in [1.29, 1.82) is 5.26 Å². The van der Waals surface area contributed by atoms with Gasteiger partial charge in [0.25, 0.3) is 0 Å². The molecule has 2 aliphatic heterocycles.